The van der Waals surface area contributed by atoms with E-state index in [2.05, 4.69) is 41.2 Å². The normalized spacial score (nSPS) is 43.4. The Labute approximate surface area is 199 Å². The standard InChI is InChI=1S/C30H51NO/c1-7-20-32-31-28-13-9-12-23-14-15-24-26-17-16-25(22(4)11-8-10-21(2)3)29(26,5)19-18-27(24)30(23,28)6/h7,21-27H,1,8-20H2,2-6H3/b31-28+. The van der Waals surface area contributed by atoms with E-state index < -0.39 is 0 Å². The van der Waals surface area contributed by atoms with Crippen LogP contribution in [0.3, 0.4) is 0 Å². The van der Waals surface area contributed by atoms with Gasteiger partial charge in [0.25, 0.3) is 0 Å². The molecule has 4 aliphatic carbocycles. The van der Waals surface area contributed by atoms with Crippen molar-refractivity contribution in [3.05, 3.63) is 12.7 Å². The van der Waals surface area contributed by atoms with Crippen LogP contribution in [0.5, 0.6) is 0 Å². The second kappa shape index (κ2) is 9.83. The Balaban J connectivity index is 1.51. The third kappa shape index (κ3) is 4.22. The van der Waals surface area contributed by atoms with Crippen LogP contribution in [0.4, 0.5) is 0 Å². The van der Waals surface area contributed by atoms with Crippen LogP contribution in [-0.4, -0.2) is 12.3 Å². The lowest BCUT2D eigenvalue weighted by Crippen LogP contribution is -2.56. The van der Waals surface area contributed by atoms with Crippen LogP contribution >= 0.6 is 0 Å². The summed E-state index contributed by atoms with van der Waals surface area (Å²) in [5.41, 5.74) is 2.24. The summed E-state index contributed by atoms with van der Waals surface area (Å²) in [6.07, 6.45) is 18.6. The molecule has 4 fully saturated rings. The Morgan fingerprint density at radius 1 is 1.03 bits per heavy atom. The van der Waals surface area contributed by atoms with Crippen molar-refractivity contribution in [1.82, 2.24) is 0 Å². The highest BCUT2D eigenvalue weighted by molar-refractivity contribution is 5.91. The second-order valence-corrected chi connectivity index (χ2v) is 13.0. The van der Waals surface area contributed by atoms with Crippen molar-refractivity contribution in [2.75, 3.05) is 6.61 Å². The second-order valence-electron chi connectivity index (χ2n) is 13.0. The molecule has 0 aromatic carbocycles. The van der Waals surface area contributed by atoms with Crippen molar-refractivity contribution >= 4 is 5.71 Å². The molecule has 0 aromatic heterocycles. The number of fused-ring (bicyclic) bond motifs is 5. The maximum atomic E-state index is 5.70. The molecule has 4 aliphatic rings. The first-order valence-electron chi connectivity index (χ1n) is 14.1. The molecule has 32 heavy (non-hydrogen) atoms. The molecule has 0 heterocycles. The average Bonchev–Trinajstić information content (AvgIpc) is 3.11. The van der Waals surface area contributed by atoms with Crippen LogP contribution < -0.4 is 0 Å². The van der Waals surface area contributed by atoms with Crippen LogP contribution in [0.2, 0.25) is 0 Å². The fourth-order valence-corrected chi connectivity index (χ4v) is 9.45. The van der Waals surface area contributed by atoms with Gasteiger partial charge in [-0.2, -0.15) is 0 Å². The molecule has 8 atom stereocenters. The van der Waals surface area contributed by atoms with Crippen LogP contribution in [0.15, 0.2) is 17.8 Å². The van der Waals surface area contributed by atoms with Gasteiger partial charge >= 0.3 is 0 Å². The van der Waals surface area contributed by atoms with E-state index in [0.717, 1.165) is 47.8 Å². The SMILES string of the molecule is C=CCO/N=C1\CCCC2CCC3C4CCC(C(C)CCCC(C)C)C4(C)CCC3C12C. The number of nitrogens with zero attached hydrogens (tertiary/aromatic N) is 1. The van der Waals surface area contributed by atoms with E-state index in [0.29, 0.717) is 12.0 Å². The van der Waals surface area contributed by atoms with Crippen molar-refractivity contribution in [2.24, 2.45) is 57.4 Å². The van der Waals surface area contributed by atoms with Crippen LogP contribution in [0.1, 0.15) is 112 Å². The summed E-state index contributed by atoms with van der Waals surface area (Å²) in [4.78, 5) is 5.70. The van der Waals surface area contributed by atoms with Crippen molar-refractivity contribution in [2.45, 2.75) is 112 Å². The first kappa shape index (κ1) is 24.3. The Hall–Kier alpha value is -0.790. The zero-order valence-electron chi connectivity index (χ0n) is 21.9. The van der Waals surface area contributed by atoms with Gasteiger partial charge in [0.15, 0.2) is 0 Å². The lowest BCUT2D eigenvalue weighted by molar-refractivity contribution is -0.0803. The Morgan fingerprint density at radius 3 is 2.59 bits per heavy atom. The Bertz CT molecular complexity index is 682. The summed E-state index contributed by atoms with van der Waals surface area (Å²) < 4.78 is 0. The fourth-order valence-electron chi connectivity index (χ4n) is 9.45. The first-order chi connectivity index (χ1) is 15.3. The van der Waals surface area contributed by atoms with E-state index in [-0.39, 0.29) is 5.41 Å². The molecule has 8 unspecified atom stereocenters. The third-order valence-electron chi connectivity index (χ3n) is 11.1. The monoisotopic (exact) mass is 441 g/mol. The van der Waals surface area contributed by atoms with E-state index in [9.17, 15) is 0 Å². The molecule has 0 aromatic rings. The van der Waals surface area contributed by atoms with Gasteiger partial charge in [-0.3, -0.25) is 0 Å². The van der Waals surface area contributed by atoms with Gasteiger partial charge in [0.05, 0.1) is 5.71 Å². The van der Waals surface area contributed by atoms with Crippen LogP contribution in [-0.2, 0) is 4.84 Å². The lowest BCUT2D eigenvalue weighted by atomic mass is 9.44. The summed E-state index contributed by atoms with van der Waals surface area (Å²) in [5, 5.41) is 4.76. The van der Waals surface area contributed by atoms with E-state index in [1.807, 2.05) is 6.08 Å². The smallest absolute Gasteiger partial charge is 0.135 e. The molecular weight excluding hydrogens is 390 g/mol. The van der Waals surface area contributed by atoms with E-state index in [1.54, 1.807) is 0 Å². The van der Waals surface area contributed by atoms with Gasteiger partial charge in [0.2, 0.25) is 0 Å². The molecule has 0 N–H and O–H groups in total. The van der Waals surface area contributed by atoms with Crippen LogP contribution in [0, 0.1) is 52.3 Å². The lowest BCUT2D eigenvalue weighted by Gasteiger charge is -2.60. The topological polar surface area (TPSA) is 21.6 Å². The molecule has 2 heteroatoms. The minimum absolute atomic E-state index is 0.268. The predicted molar refractivity (Wildman–Crippen MR) is 137 cm³/mol. The number of oxime groups is 1. The average molecular weight is 442 g/mol. The number of hydrogen-bond acceptors (Lipinski definition) is 2. The molecule has 0 aliphatic heterocycles. The molecular formula is C30H51NO. The van der Waals surface area contributed by atoms with E-state index in [4.69, 9.17) is 9.99 Å². The number of hydrogen-bond donors (Lipinski definition) is 0. The highest BCUT2D eigenvalue weighted by Crippen LogP contribution is 2.68. The Kier molecular flexibility index (Phi) is 7.48. The summed E-state index contributed by atoms with van der Waals surface area (Å²) in [7, 11) is 0. The molecule has 0 spiro atoms. The van der Waals surface area contributed by atoms with Gasteiger partial charge in [-0.15, -0.1) is 0 Å². The highest BCUT2D eigenvalue weighted by Gasteiger charge is 2.61. The molecule has 0 amide bonds. The largest absolute Gasteiger partial charge is 0.392 e. The summed E-state index contributed by atoms with van der Waals surface area (Å²) in [6.45, 7) is 17.0. The first-order valence-corrected chi connectivity index (χ1v) is 14.1. The van der Waals surface area contributed by atoms with Gasteiger partial charge in [-0.05, 0) is 105 Å². The molecule has 2 nitrogen and oxygen atoms in total. The molecule has 0 saturated heterocycles. The van der Waals surface area contributed by atoms with Gasteiger partial charge in [-0.25, -0.2) is 0 Å². The van der Waals surface area contributed by atoms with Crippen molar-refractivity contribution in [3.63, 3.8) is 0 Å². The summed E-state index contributed by atoms with van der Waals surface area (Å²) >= 11 is 0. The number of rotatable bonds is 8. The minimum Gasteiger partial charge on any atom is -0.392 e. The quantitative estimate of drug-likeness (QED) is 0.210. The zero-order valence-corrected chi connectivity index (χ0v) is 21.9. The van der Waals surface area contributed by atoms with E-state index in [1.165, 1.54) is 76.3 Å². The molecule has 4 rings (SSSR count). The van der Waals surface area contributed by atoms with Crippen molar-refractivity contribution in [1.29, 1.82) is 0 Å². The Morgan fingerprint density at radius 2 is 1.84 bits per heavy atom. The van der Waals surface area contributed by atoms with Crippen LogP contribution in [0.25, 0.3) is 0 Å². The fraction of sp³-hybridized carbons (Fsp3) is 0.900. The summed E-state index contributed by atoms with van der Waals surface area (Å²) in [6, 6.07) is 0. The van der Waals surface area contributed by atoms with Gasteiger partial charge in [0, 0.05) is 5.41 Å². The van der Waals surface area contributed by atoms with Gasteiger partial charge < -0.3 is 4.84 Å². The van der Waals surface area contributed by atoms with E-state index >= 15 is 0 Å². The third-order valence-corrected chi connectivity index (χ3v) is 11.1. The molecule has 0 radical (unpaired) electrons. The van der Waals surface area contributed by atoms with Gasteiger partial charge in [-0.1, -0.05) is 71.7 Å². The highest BCUT2D eigenvalue weighted by atomic mass is 16.6. The van der Waals surface area contributed by atoms with Crippen molar-refractivity contribution in [3.8, 4) is 0 Å². The molecule has 4 saturated carbocycles. The predicted octanol–water partition coefficient (Wildman–Crippen LogP) is 8.67. The molecule has 182 valence electrons. The maximum absolute atomic E-state index is 5.70. The van der Waals surface area contributed by atoms with Gasteiger partial charge in [0.1, 0.15) is 6.61 Å². The molecule has 0 bridgehead atoms. The minimum atomic E-state index is 0.268. The van der Waals surface area contributed by atoms with Crippen molar-refractivity contribution < 1.29 is 4.84 Å². The summed E-state index contributed by atoms with van der Waals surface area (Å²) in [5.74, 6) is 6.18. The maximum Gasteiger partial charge on any atom is 0.135 e. The zero-order chi connectivity index (χ0) is 22.9.